The first-order valence-electron chi connectivity index (χ1n) is 15.2. The number of amides is 4. The van der Waals surface area contributed by atoms with Crippen LogP contribution < -0.4 is 24.6 Å². The topological polar surface area (TPSA) is 88.2 Å². The van der Waals surface area contributed by atoms with E-state index in [0.717, 1.165) is 45.5 Å². The minimum Gasteiger partial charge on any atom is -0.493 e. The van der Waals surface area contributed by atoms with Crippen LogP contribution in [0.2, 0.25) is 0 Å². The molecule has 0 spiro atoms. The number of nitrogens with one attached hydrogen (secondary N) is 1. The number of ether oxygens (including phenoxy) is 2. The van der Waals surface area contributed by atoms with Gasteiger partial charge in [0.05, 0.1) is 23.5 Å². The maximum atomic E-state index is 14.2. The van der Waals surface area contributed by atoms with Gasteiger partial charge in [-0.05, 0) is 93.6 Å². The third kappa shape index (κ3) is 5.22. The summed E-state index contributed by atoms with van der Waals surface area (Å²) < 4.78 is 11.7. The number of hydrogen-bond acceptors (Lipinski definition) is 6. The zero-order valence-corrected chi connectivity index (χ0v) is 27.6. The van der Waals surface area contributed by atoms with Crippen molar-refractivity contribution in [3.63, 3.8) is 0 Å². The Morgan fingerprint density at radius 3 is 1.93 bits per heavy atom. The second kappa shape index (κ2) is 12.3. The number of benzene rings is 4. The van der Waals surface area contributed by atoms with E-state index in [2.05, 4.69) is 57.1 Å². The first-order chi connectivity index (χ1) is 22.4. The fourth-order valence-corrected chi connectivity index (χ4v) is 7.89. The summed E-state index contributed by atoms with van der Waals surface area (Å²) in [6.07, 6.45) is 3.32. The van der Waals surface area contributed by atoms with Gasteiger partial charge < -0.3 is 14.4 Å². The molecule has 46 heavy (non-hydrogen) atoms. The molecule has 0 unspecified atom stereocenters. The molecule has 4 aromatic rings. The van der Waals surface area contributed by atoms with Gasteiger partial charge in [-0.3, -0.25) is 14.9 Å². The van der Waals surface area contributed by atoms with Crippen LogP contribution in [0.25, 0.3) is 6.08 Å². The molecule has 2 atom stereocenters. The number of carbonyl (C=O) groups is 3. The van der Waals surface area contributed by atoms with E-state index in [0.29, 0.717) is 22.7 Å². The van der Waals surface area contributed by atoms with E-state index in [1.54, 1.807) is 19.2 Å². The summed E-state index contributed by atoms with van der Waals surface area (Å²) in [5.41, 5.74) is 6.61. The Hall–Kier alpha value is -4.64. The highest BCUT2D eigenvalue weighted by Gasteiger charge is 2.40. The molecule has 9 heteroatoms. The molecule has 1 N–H and O–H groups in total. The van der Waals surface area contributed by atoms with E-state index >= 15 is 0 Å². The predicted molar refractivity (Wildman–Crippen MR) is 186 cm³/mol. The van der Waals surface area contributed by atoms with Crippen LogP contribution in [0, 0.1) is 3.57 Å². The van der Waals surface area contributed by atoms with E-state index in [4.69, 9.17) is 9.47 Å². The molecule has 0 bridgehead atoms. The summed E-state index contributed by atoms with van der Waals surface area (Å²) in [5.74, 6) is -0.217. The second-order valence-corrected chi connectivity index (χ2v) is 12.8. The number of anilines is 2. The first kappa shape index (κ1) is 30.0. The minimum absolute atomic E-state index is 0.0918. The van der Waals surface area contributed by atoms with Crippen molar-refractivity contribution in [1.29, 1.82) is 0 Å². The Morgan fingerprint density at radius 2 is 1.39 bits per heavy atom. The number of barbiturate groups is 1. The SMILES string of the molecule is COc1cc(/C=C2\C(=O)NC(=O)N(c3cc4c5c(c3)[C@H](c3ccccc3)CCN5CC[C@@H]4c3ccccc3)C2=O)cc(I)c1OC. The van der Waals surface area contributed by atoms with Gasteiger partial charge in [-0.1, -0.05) is 60.7 Å². The standard InChI is InChI=1S/C37H32IN3O5/c1-45-32-19-22(18-31(38)34(32)46-2)17-30-35(42)39-37(44)41(36(30)43)25-20-28-26(23-9-5-3-6-10-23)13-15-40-16-14-27(29(21-25)33(28)40)24-11-7-4-8-12-24/h3-12,17-21,26-27H,13-16H2,1-2H3,(H,39,42,44)/b30-17+/t26-,27+. The van der Waals surface area contributed by atoms with Crippen molar-refractivity contribution in [3.8, 4) is 11.5 Å². The molecule has 3 aliphatic rings. The van der Waals surface area contributed by atoms with Crippen molar-refractivity contribution in [2.75, 3.05) is 37.1 Å². The number of nitrogens with zero attached hydrogens (tertiary/aromatic N) is 2. The van der Waals surface area contributed by atoms with Gasteiger partial charge in [0, 0.05) is 30.6 Å². The van der Waals surface area contributed by atoms with Crippen LogP contribution in [0.1, 0.15) is 52.5 Å². The van der Waals surface area contributed by atoms with Crippen LogP contribution in [0.4, 0.5) is 16.2 Å². The number of halogens is 1. The van der Waals surface area contributed by atoms with Crippen molar-refractivity contribution < 1.29 is 23.9 Å². The van der Waals surface area contributed by atoms with Crippen molar-refractivity contribution in [3.05, 3.63) is 122 Å². The molecular weight excluding hydrogens is 693 g/mol. The number of rotatable bonds is 6. The van der Waals surface area contributed by atoms with Crippen molar-refractivity contribution in [1.82, 2.24) is 5.32 Å². The lowest BCUT2D eigenvalue weighted by Gasteiger charge is -2.44. The highest BCUT2D eigenvalue weighted by Crippen LogP contribution is 2.50. The molecule has 0 aromatic heterocycles. The Bertz CT molecular complexity index is 1820. The monoisotopic (exact) mass is 725 g/mol. The average molecular weight is 726 g/mol. The summed E-state index contributed by atoms with van der Waals surface area (Å²) in [6, 6.07) is 27.4. The Labute approximate surface area is 281 Å². The van der Waals surface area contributed by atoms with Crippen LogP contribution in [-0.4, -0.2) is 45.2 Å². The lowest BCUT2D eigenvalue weighted by atomic mass is 9.76. The van der Waals surface area contributed by atoms with Gasteiger partial charge in [0.25, 0.3) is 11.8 Å². The molecule has 0 saturated carbocycles. The molecule has 1 saturated heterocycles. The van der Waals surface area contributed by atoms with Crippen LogP contribution in [0.5, 0.6) is 11.5 Å². The maximum absolute atomic E-state index is 14.2. The summed E-state index contributed by atoms with van der Waals surface area (Å²) in [4.78, 5) is 44.3. The first-order valence-corrected chi connectivity index (χ1v) is 16.3. The lowest BCUT2D eigenvalue weighted by molar-refractivity contribution is -0.122. The Balaban J connectivity index is 1.38. The van der Waals surface area contributed by atoms with Crippen molar-refractivity contribution >= 4 is 57.9 Å². The fraction of sp³-hybridized carbons (Fsp3) is 0.216. The minimum atomic E-state index is -0.766. The summed E-state index contributed by atoms with van der Waals surface area (Å²) in [5, 5.41) is 2.41. The van der Waals surface area contributed by atoms with Gasteiger partial charge in [-0.25, -0.2) is 9.69 Å². The molecule has 3 heterocycles. The van der Waals surface area contributed by atoms with Gasteiger partial charge in [-0.15, -0.1) is 0 Å². The number of urea groups is 1. The van der Waals surface area contributed by atoms with Gasteiger partial charge in [0.1, 0.15) is 5.57 Å². The van der Waals surface area contributed by atoms with E-state index in [9.17, 15) is 14.4 Å². The molecule has 3 aliphatic heterocycles. The third-order valence-corrected chi connectivity index (χ3v) is 9.93. The van der Waals surface area contributed by atoms with Gasteiger partial charge in [-0.2, -0.15) is 0 Å². The third-order valence-electron chi connectivity index (χ3n) is 9.13. The van der Waals surface area contributed by atoms with E-state index < -0.39 is 17.8 Å². The summed E-state index contributed by atoms with van der Waals surface area (Å²) in [6.45, 7) is 1.85. The zero-order valence-electron chi connectivity index (χ0n) is 25.5. The summed E-state index contributed by atoms with van der Waals surface area (Å²) >= 11 is 2.12. The molecule has 4 amide bonds. The normalized spacial score (nSPS) is 20.0. The number of hydrogen-bond donors (Lipinski definition) is 1. The molecule has 7 rings (SSSR count). The molecule has 4 aromatic carbocycles. The predicted octanol–water partition coefficient (Wildman–Crippen LogP) is 6.85. The highest BCUT2D eigenvalue weighted by atomic mass is 127. The molecule has 8 nitrogen and oxygen atoms in total. The maximum Gasteiger partial charge on any atom is 0.335 e. The Morgan fingerprint density at radius 1 is 0.804 bits per heavy atom. The van der Waals surface area contributed by atoms with E-state index in [1.165, 1.54) is 30.0 Å². The van der Waals surface area contributed by atoms with Crippen LogP contribution in [-0.2, 0) is 9.59 Å². The quantitative estimate of drug-likeness (QED) is 0.133. The van der Waals surface area contributed by atoms with Crippen LogP contribution in [0.3, 0.4) is 0 Å². The molecule has 0 aliphatic carbocycles. The number of methoxy groups -OCH3 is 2. The van der Waals surface area contributed by atoms with E-state index in [-0.39, 0.29) is 17.4 Å². The van der Waals surface area contributed by atoms with Gasteiger partial charge >= 0.3 is 6.03 Å². The lowest BCUT2D eigenvalue weighted by Crippen LogP contribution is -2.54. The van der Waals surface area contributed by atoms with Gasteiger partial charge in [0.15, 0.2) is 11.5 Å². The van der Waals surface area contributed by atoms with Crippen molar-refractivity contribution in [2.45, 2.75) is 24.7 Å². The fourth-order valence-electron chi connectivity index (χ4n) is 7.05. The largest absolute Gasteiger partial charge is 0.493 e. The van der Waals surface area contributed by atoms with Crippen molar-refractivity contribution in [2.24, 2.45) is 0 Å². The Kier molecular flexibility index (Phi) is 8.02. The van der Waals surface area contributed by atoms with Crippen LogP contribution in [0.15, 0.2) is 90.5 Å². The average Bonchev–Trinajstić information content (AvgIpc) is 3.07. The van der Waals surface area contributed by atoms with E-state index in [1.807, 2.05) is 48.5 Å². The molecular formula is C37H32IN3O5. The molecule has 1 fully saturated rings. The van der Waals surface area contributed by atoms with Crippen LogP contribution >= 0.6 is 22.6 Å². The van der Waals surface area contributed by atoms with Gasteiger partial charge in [0.2, 0.25) is 0 Å². The highest BCUT2D eigenvalue weighted by molar-refractivity contribution is 14.1. The zero-order chi connectivity index (χ0) is 31.9. The molecule has 232 valence electrons. The summed E-state index contributed by atoms with van der Waals surface area (Å²) in [7, 11) is 3.08. The number of carbonyl (C=O) groups excluding carboxylic acids is 3. The smallest absolute Gasteiger partial charge is 0.335 e. The number of imide groups is 2. The molecule has 0 radical (unpaired) electrons. The second-order valence-electron chi connectivity index (χ2n) is 11.7.